The maximum atomic E-state index is 12.6. The van der Waals surface area contributed by atoms with Gasteiger partial charge in [-0.2, -0.15) is 0 Å². The van der Waals surface area contributed by atoms with Crippen LogP contribution in [0.3, 0.4) is 0 Å². The largest absolute Gasteiger partial charge is 0.465 e. The van der Waals surface area contributed by atoms with Gasteiger partial charge in [-0.3, -0.25) is 9.10 Å². The highest BCUT2D eigenvalue weighted by molar-refractivity contribution is 7.92. The molecule has 0 spiro atoms. The van der Waals surface area contributed by atoms with Crippen molar-refractivity contribution in [2.45, 2.75) is 0 Å². The molecule has 29 heavy (non-hydrogen) atoms. The fourth-order valence-corrected chi connectivity index (χ4v) is 2.89. The standard InChI is InChI=1S/C19H20N2O7S/c1-21(29(4,25)26)14-8-5-12(6-9-14)17(22)20-16-11-13(18(23)27-2)7-10-15(16)19(24)28-3/h5-11H,1-4H3,(H,20,22). The Bertz CT molecular complexity index is 1050. The molecule has 0 saturated carbocycles. The average Bonchev–Trinajstić information content (AvgIpc) is 2.71. The lowest BCUT2D eigenvalue weighted by Gasteiger charge is -2.17. The van der Waals surface area contributed by atoms with Crippen LogP contribution in [-0.4, -0.2) is 53.8 Å². The molecule has 0 saturated heterocycles. The average molecular weight is 420 g/mol. The molecule has 2 aromatic carbocycles. The Hall–Kier alpha value is -3.40. The van der Waals surface area contributed by atoms with Gasteiger partial charge in [0, 0.05) is 12.6 Å². The third-order valence-electron chi connectivity index (χ3n) is 4.08. The number of nitrogens with one attached hydrogen (secondary N) is 1. The number of amides is 1. The molecule has 1 N–H and O–H groups in total. The summed E-state index contributed by atoms with van der Waals surface area (Å²) in [6.07, 6.45) is 1.07. The molecule has 9 nitrogen and oxygen atoms in total. The molecule has 0 bridgehead atoms. The number of sulfonamides is 1. The summed E-state index contributed by atoms with van der Waals surface area (Å²) in [5.41, 5.74) is 0.867. The molecule has 0 atom stereocenters. The highest BCUT2D eigenvalue weighted by atomic mass is 32.2. The summed E-state index contributed by atoms with van der Waals surface area (Å²) in [4.78, 5) is 36.3. The summed E-state index contributed by atoms with van der Waals surface area (Å²) < 4.78 is 33.6. The molecular formula is C19H20N2O7S. The van der Waals surface area contributed by atoms with Gasteiger partial charge in [-0.25, -0.2) is 18.0 Å². The van der Waals surface area contributed by atoms with E-state index in [0.717, 1.165) is 10.6 Å². The van der Waals surface area contributed by atoms with Crippen LogP contribution in [0.25, 0.3) is 0 Å². The molecule has 0 unspecified atom stereocenters. The molecular weight excluding hydrogens is 400 g/mol. The van der Waals surface area contributed by atoms with Crippen molar-refractivity contribution in [3.63, 3.8) is 0 Å². The van der Waals surface area contributed by atoms with Crippen LogP contribution in [0, 0.1) is 0 Å². The first-order valence-electron chi connectivity index (χ1n) is 8.24. The monoisotopic (exact) mass is 420 g/mol. The van der Waals surface area contributed by atoms with E-state index in [-0.39, 0.29) is 22.4 Å². The summed E-state index contributed by atoms with van der Waals surface area (Å²) in [5, 5.41) is 2.56. The van der Waals surface area contributed by atoms with Crippen molar-refractivity contribution in [2.24, 2.45) is 0 Å². The molecule has 10 heteroatoms. The van der Waals surface area contributed by atoms with Gasteiger partial charge in [0.2, 0.25) is 10.0 Å². The van der Waals surface area contributed by atoms with Gasteiger partial charge in [0.15, 0.2) is 0 Å². The van der Waals surface area contributed by atoms with E-state index in [1.165, 1.54) is 63.7 Å². The van der Waals surface area contributed by atoms with Crippen LogP contribution in [0.1, 0.15) is 31.1 Å². The normalized spacial score (nSPS) is 10.8. The second kappa shape index (κ2) is 8.74. The van der Waals surface area contributed by atoms with Gasteiger partial charge >= 0.3 is 11.9 Å². The zero-order valence-electron chi connectivity index (χ0n) is 16.3. The Morgan fingerprint density at radius 2 is 1.45 bits per heavy atom. The van der Waals surface area contributed by atoms with E-state index in [4.69, 9.17) is 4.74 Å². The quantitative estimate of drug-likeness (QED) is 0.709. The van der Waals surface area contributed by atoms with E-state index < -0.39 is 27.9 Å². The highest BCUT2D eigenvalue weighted by Crippen LogP contribution is 2.22. The number of methoxy groups -OCH3 is 2. The van der Waals surface area contributed by atoms with Crippen LogP contribution in [0.15, 0.2) is 42.5 Å². The van der Waals surface area contributed by atoms with Gasteiger partial charge < -0.3 is 14.8 Å². The Morgan fingerprint density at radius 1 is 0.897 bits per heavy atom. The maximum Gasteiger partial charge on any atom is 0.339 e. The van der Waals surface area contributed by atoms with Gasteiger partial charge in [-0.15, -0.1) is 0 Å². The Balaban J connectivity index is 2.33. The first kappa shape index (κ1) is 21.9. The molecule has 2 aromatic rings. The number of ether oxygens (including phenoxy) is 2. The van der Waals surface area contributed by atoms with Crippen molar-refractivity contribution in [3.05, 3.63) is 59.2 Å². The van der Waals surface area contributed by atoms with Crippen molar-refractivity contribution in [1.29, 1.82) is 0 Å². The number of rotatable bonds is 6. The maximum absolute atomic E-state index is 12.6. The summed E-state index contributed by atoms with van der Waals surface area (Å²) in [6, 6.07) is 9.86. The second-order valence-corrected chi connectivity index (χ2v) is 7.99. The smallest absolute Gasteiger partial charge is 0.339 e. The lowest BCUT2D eigenvalue weighted by Crippen LogP contribution is -2.24. The van der Waals surface area contributed by atoms with Gasteiger partial charge in [-0.05, 0) is 42.5 Å². The minimum Gasteiger partial charge on any atom is -0.465 e. The summed E-state index contributed by atoms with van der Waals surface area (Å²) >= 11 is 0. The fraction of sp³-hybridized carbons (Fsp3) is 0.211. The zero-order valence-corrected chi connectivity index (χ0v) is 17.1. The molecule has 0 aliphatic carbocycles. The van der Waals surface area contributed by atoms with E-state index in [2.05, 4.69) is 10.1 Å². The number of benzene rings is 2. The number of hydrogen-bond donors (Lipinski definition) is 1. The summed E-state index contributed by atoms with van der Waals surface area (Å²) in [5.74, 6) is -1.89. The predicted molar refractivity (Wildman–Crippen MR) is 107 cm³/mol. The van der Waals surface area contributed by atoms with Crippen molar-refractivity contribution >= 4 is 39.2 Å². The third-order valence-corrected chi connectivity index (χ3v) is 5.29. The first-order chi connectivity index (χ1) is 13.6. The number of carbonyl (C=O) groups excluding carboxylic acids is 3. The lowest BCUT2D eigenvalue weighted by molar-refractivity contribution is 0.0587. The van der Waals surface area contributed by atoms with Gasteiger partial charge in [0.05, 0.1) is 43.0 Å². The van der Waals surface area contributed by atoms with Crippen LogP contribution < -0.4 is 9.62 Å². The van der Waals surface area contributed by atoms with Crippen LogP contribution >= 0.6 is 0 Å². The van der Waals surface area contributed by atoms with Crippen molar-refractivity contribution < 1.29 is 32.3 Å². The van der Waals surface area contributed by atoms with E-state index in [1.54, 1.807) is 0 Å². The number of hydrogen-bond acceptors (Lipinski definition) is 7. The topological polar surface area (TPSA) is 119 Å². The zero-order chi connectivity index (χ0) is 21.8. The van der Waals surface area contributed by atoms with Gasteiger partial charge in [0.25, 0.3) is 5.91 Å². The Labute approximate surface area is 168 Å². The Morgan fingerprint density at radius 3 is 1.97 bits per heavy atom. The molecule has 154 valence electrons. The molecule has 0 aliphatic heterocycles. The lowest BCUT2D eigenvalue weighted by atomic mass is 10.1. The SMILES string of the molecule is COC(=O)c1ccc(C(=O)OC)c(NC(=O)c2ccc(N(C)S(C)(=O)=O)cc2)c1. The van der Waals surface area contributed by atoms with Gasteiger partial charge in [-0.1, -0.05) is 0 Å². The van der Waals surface area contributed by atoms with E-state index >= 15 is 0 Å². The number of carbonyl (C=O) groups is 3. The second-order valence-electron chi connectivity index (χ2n) is 5.98. The predicted octanol–water partition coefficient (Wildman–Crippen LogP) is 1.91. The van der Waals surface area contributed by atoms with E-state index in [9.17, 15) is 22.8 Å². The third kappa shape index (κ3) is 5.11. The van der Waals surface area contributed by atoms with Crippen LogP contribution in [-0.2, 0) is 19.5 Å². The molecule has 0 fully saturated rings. The molecule has 0 heterocycles. The number of esters is 2. The van der Waals surface area contributed by atoms with Gasteiger partial charge in [0.1, 0.15) is 0 Å². The number of nitrogens with zero attached hydrogens (tertiary/aromatic N) is 1. The van der Waals surface area contributed by atoms with Crippen molar-refractivity contribution in [3.8, 4) is 0 Å². The molecule has 0 radical (unpaired) electrons. The summed E-state index contributed by atoms with van der Waals surface area (Å²) in [6.45, 7) is 0. The highest BCUT2D eigenvalue weighted by Gasteiger charge is 2.18. The molecule has 2 rings (SSSR count). The minimum absolute atomic E-state index is 0.0573. The molecule has 0 aliphatic rings. The Kier molecular flexibility index (Phi) is 6.60. The minimum atomic E-state index is -3.43. The fourth-order valence-electron chi connectivity index (χ4n) is 2.39. The van der Waals surface area contributed by atoms with E-state index in [0.29, 0.717) is 5.69 Å². The van der Waals surface area contributed by atoms with Crippen LogP contribution in [0.2, 0.25) is 0 Å². The van der Waals surface area contributed by atoms with Crippen LogP contribution in [0.5, 0.6) is 0 Å². The van der Waals surface area contributed by atoms with E-state index in [1.807, 2.05) is 0 Å². The number of anilines is 2. The van der Waals surface area contributed by atoms with Crippen molar-refractivity contribution in [2.75, 3.05) is 37.1 Å². The van der Waals surface area contributed by atoms with Crippen molar-refractivity contribution in [1.82, 2.24) is 0 Å². The summed E-state index contributed by atoms with van der Waals surface area (Å²) in [7, 11) is 0.367. The first-order valence-corrected chi connectivity index (χ1v) is 10.1. The van der Waals surface area contributed by atoms with Crippen LogP contribution in [0.4, 0.5) is 11.4 Å². The molecule has 0 aromatic heterocycles. The molecule has 1 amide bonds.